The summed E-state index contributed by atoms with van der Waals surface area (Å²) in [4.78, 5) is 0.215. The van der Waals surface area contributed by atoms with Crippen molar-refractivity contribution in [3.63, 3.8) is 0 Å². The highest BCUT2D eigenvalue weighted by Crippen LogP contribution is 2.26. The molecule has 1 aromatic rings. The van der Waals surface area contributed by atoms with Gasteiger partial charge < -0.3 is 10.1 Å². The summed E-state index contributed by atoms with van der Waals surface area (Å²) in [6.07, 6.45) is 1.87. The molecule has 0 aliphatic carbocycles. The third kappa shape index (κ3) is 3.94. The van der Waals surface area contributed by atoms with Gasteiger partial charge in [-0.1, -0.05) is 12.1 Å². The molecule has 1 heterocycles. The number of ether oxygens (including phenoxy) is 1. The van der Waals surface area contributed by atoms with Crippen molar-refractivity contribution < 1.29 is 13.2 Å². The molecule has 0 bridgehead atoms. The van der Waals surface area contributed by atoms with Gasteiger partial charge in [0.25, 0.3) is 0 Å². The third-order valence-electron chi connectivity index (χ3n) is 3.11. The van der Waals surface area contributed by atoms with Crippen molar-refractivity contribution >= 4 is 10.0 Å². The minimum absolute atomic E-state index is 0.0756. The maximum Gasteiger partial charge on any atom is 0.244 e. The fourth-order valence-corrected chi connectivity index (χ4v) is 3.62. The van der Waals surface area contributed by atoms with E-state index in [4.69, 9.17) is 4.74 Å². The molecule has 20 heavy (non-hydrogen) atoms. The molecule has 1 aromatic carbocycles. The second-order valence-corrected chi connectivity index (χ2v) is 6.97. The van der Waals surface area contributed by atoms with Gasteiger partial charge in [-0.15, -0.1) is 0 Å². The van der Waals surface area contributed by atoms with Crippen molar-refractivity contribution in [2.75, 3.05) is 13.1 Å². The lowest BCUT2D eigenvalue weighted by Crippen LogP contribution is -2.35. The number of hydrogen-bond acceptors (Lipinski definition) is 4. The summed E-state index contributed by atoms with van der Waals surface area (Å²) in [6, 6.07) is 6.67. The van der Waals surface area contributed by atoms with E-state index < -0.39 is 10.0 Å². The van der Waals surface area contributed by atoms with E-state index in [1.807, 2.05) is 0 Å². The number of para-hydroxylation sites is 1. The summed E-state index contributed by atoms with van der Waals surface area (Å²) in [6.45, 7) is 5.41. The number of benzene rings is 1. The monoisotopic (exact) mass is 298 g/mol. The summed E-state index contributed by atoms with van der Waals surface area (Å²) in [5.41, 5.74) is 0. The van der Waals surface area contributed by atoms with Crippen LogP contribution in [-0.2, 0) is 10.0 Å². The van der Waals surface area contributed by atoms with E-state index >= 15 is 0 Å². The molecule has 1 fully saturated rings. The van der Waals surface area contributed by atoms with Crippen molar-refractivity contribution in [3.8, 4) is 5.75 Å². The SMILES string of the molecule is CC(C)NS(=O)(=O)c1ccccc1OC1CCNCC1. The predicted octanol–water partition coefficient (Wildman–Crippen LogP) is 1.50. The van der Waals surface area contributed by atoms with Crippen LogP contribution >= 0.6 is 0 Å². The molecule has 0 radical (unpaired) electrons. The third-order valence-corrected chi connectivity index (χ3v) is 4.81. The molecule has 0 amide bonds. The zero-order valence-electron chi connectivity index (χ0n) is 11.9. The van der Waals surface area contributed by atoms with Crippen LogP contribution in [0, 0.1) is 0 Å². The zero-order valence-corrected chi connectivity index (χ0v) is 12.7. The van der Waals surface area contributed by atoms with Crippen LogP contribution in [0.4, 0.5) is 0 Å². The summed E-state index contributed by atoms with van der Waals surface area (Å²) in [5, 5.41) is 3.26. The average molecular weight is 298 g/mol. The van der Waals surface area contributed by atoms with Gasteiger partial charge in [0.15, 0.2) is 0 Å². The highest BCUT2D eigenvalue weighted by Gasteiger charge is 2.22. The van der Waals surface area contributed by atoms with Crippen LogP contribution in [-0.4, -0.2) is 33.7 Å². The molecule has 1 saturated heterocycles. The molecule has 112 valence electrons. The van der Waals surface area contributed by atoms with E-state index in [0.29, 0.717) is 5.75 Å². The standard InChI is InChI=1S/C14H22N2O3S/c1-11(2)16-20(17,18)14-6-4-3-5-13(14)19-12-7-9-15-10-8-12/h3-6,11-12,15-16H,7-10H2,1-2H3. The van der Waals surface area contributed by atoms with Crippen LogP contribution in [0.15, 0.2) is 29.2 Å². The Morgan fingerprint density at radius 3 is 2.55 bits per heavy atom. The molecule has 0 atom stereocenters. The molecule has 5 nitrogen and oxygen atoms in total. The van der Waals surface area contributed by atoms with Gasteiger partial charge in [0.2, 0.25) is 10.0 Å². The first-order chi connectivity index (χ1) is 9.49. The van der Waals surface area contributed by atoms with E-state index in [1.165, 1.54) is 0 Å². The van der Waals surface area contributed by atoms with E-state index in [0.717, 1.165) is 25.9 Å². The highest BCUT2D eigenvalue weighted by molar-refractivity contribution is 7.89. The quantitative estimate of drug-likeness (QED) is 0.864. The summed E-state index contributed by atoms with van der Waals surface area (Å²) in [7, 11) is -3.53. The number of nitrogens with one attached hydrogen (secondary N) is 2. The van der Waals surface area contributed by atoms with Gasteiger partial charge in [0.1, 0.15) is 16.7 Å². The Balaban J connectivity index is 2.21. The van der Waals surface area contributed by atoms with Crippen molar-refractivity contribution in [1.29, 1.82) is 0 Å². The van der Waals surface area contributed by atoms with Crippen molar-refractivity contribution in [2.24, 2.45) is 0 Å². The Bertz CT molecular complexity index is 537. The van der Waals surface area contributed by atoms with E-state index in [9.17, 15) is 8.42 Å². The fraction of sp³-hybridized carbons (Fsp3) is 0.571. The van der Waals surface area contributed by atoms with Gasteiger partial charge in [0, 0.05) is 6.04 Å². The van der Waals surface area contributed by atoms with E-state index in [1.54, 1.807) is 38.1 Å². The predicted molar refractivity (Wildman–Crippen MR) is 78.4 cm³/mol. The van der Waals surface area contributed by atoms with Crippen molar-refractivity contribution in [3.05, 3.63) is 24.3 Å². The van der Waals surface area contributed by atoms with Gasteiger partial charge in [-0.3, -0.25) is 0 Å². The number of sulfonamides is 1. The van der Waals surface area contributed by atoms with Gasteiger partial charge in [-0.05, 0) is 51.9 Å². The van der Waals surface area contributed by atoms with Gasteiger partial charge in [-0.2, -0.15) is 0 Å². The summed E-state index contributed by atoms with van der Waals surface area (Å²) in [5.74, 6) is 0.438. The Hall–Kier alpha value is -1.11. The Labute approximate surface area is 120 Å². The molecule has 0 saturated carbocycles. The average Bonchev–Trinajstić information content (AvgIpc) is 2.39. The van der Waals surface area contributed by atoms with Crippen molar-refractivity contribution in [2.45, 2.75) is 43.7 Å². The first-order valence-electron chi connectivity index (χ1n) is 6.98. The second-order valence-electron chi connectivity index (χ2n) is 5.29. The maximum absolute atomic E-state index is 12.3. The van der Waals surface area contributed by atoms with E-state index in [2.05, 4.69) is 10.0 Å². The molecule has 1 aliphatic heterocycles. The van der Waals surface area contributed by atoms with Gasteiger partial charge in [0.05, 0.1) is 0 Å². The second kappa shape index (κ2) is 6.56. The Morgan fingerprint density at radius 2 is 1.90 bits per heavy atom. The lowest BCUT2D eigenvalue weighted by Gasteiger charge is -2.25. The Kier molecular flexibility index (Phi) is 5.01. The van der Waals surface area contributed by atoms with Crippen LogP contribution in [0.1, 0.15) is 26.7 Å². The first kappa shape index (κ1) is 15.3. The summed E-state index contributed by atoms with van der Waals surface area (Å²) >= 11 is 0. The minimum Gasteiger partial charge on any atom is -0.489 e. The van der Waals surface area contributed by atoms with Crippen molar-refractivity contribution in [1.82, 2.24) is 10.0 Å². The maximum atomic E-state index is 12.3. The van der Waals surface area contributed by atoms with Gasteiger partial charge >= 0.3 is 0 Å². The van der Waals surface area contributed by atoms with Crippen LogP contribution in [0.2, 0.25) is 0 Å². The normalized spacial score (nSPS) is 17.4. The van der Waals surface area contributed by atoms with Crippen LogP contribution in [0.3, 0.4) is 0 Å². The van der Waals surface area contributed by atoms with E-state index in [-0.39, 0.29) is 17.0 Å². The molecular weight excluding hydrogens is 276 g/mol. The summed E-state index contributed by atoms with van der Waals surface area (Å²) < 4.78 is 33.1. The molecule has 0 unspecified atom stereocenters. The zero-order chi connectivity index (χ0) is 14.6. The smallest absolute Gasteiger partial charge is 0.244 e. The molecular formula is C14H22N2O3S. The molecule has 1 aliphatic rings. The molecule has 2 rings (SSSR count). The molecule has 0 spiro atoms. The van der Waals surface area contributed by atoms with Gasteiger partial charge in [-0.25, -0.2) is 13.1 Å². The highest BCUT2D eigenvalue weighted by atomic mass is 32.2. The number of hydrogen-bond donors (Lipinski definition) is 2. The lowest BCUT2D eigenvalue weighted by atomic mass is 10.1. The number of rotatable bonds is 5. The molecule has 6 heteroatoms. The van der Waals surface area contributed by atoms with Crippen LogP contribution in [0.5, 0.6) is 5.75 Å². The fourth-order valence-electron chi connectivity index (χ4n) is 2.24. The lowest BCUT2D eigenvalue weighted by molar-refractivity contribution is 0.158. The Morgan fingerprint density at radius 1 is 1.25 bits per heavy atom. The largest absolute Gasteiger partial charge is 0.489 e. The van der Waals surface area contributed by atoms with Crippen LogP contribution in [0.25, 0.3) is 0 Å². The number of piperidine rings is 1. The topological polar surface area (TPSA) is 67.4 Å². The minimum atomic E-state index is -3.53. The van der Waals surface area contributed by atoms with Crippen LogP contribution < -0.4 is 14.8 Å². The molecule has 2 N–H and O–H groups in total. The molecule has 0 aromatic heterocycles. The first-order valence-corrected chi connectivity index (χ1v) is 8.46.